The molecule has 0 amide bonds. The zero-order valence-corrected chi connectivity index (χ0v) is 13.4. The fraction of sp³-hybridized carbons (Fsp3) is 0.429. The molecule has 3 rings (SSSR count). The summed E-state index contributed by atoms with van der Waals surface area (Å²) in [5.74, 6) is 0.828. The van der Waals surface area contributed by atoms with Crippen molar-refractivity contribution in [3.63, 3.8) is 0 Å². The predicted octanol–water partition coefficient (Wildman–Crippen LogP) is 5.05. The van der Waals surface area contributed by atoms with Crippen LogP contribution in [0.15, 0.2) is 60.7 Å². The average molecular weight is 293 g/mol. The standard InChI is InChI=1S/C21H27N/c22-21(20-11-5-2-6-12-20)16-7-10-19(15-17-21)14-13-18-8-3-1-4-9-18/h1-6,8-9,11-12,19H,7,10,13-17,22H2. The minimum Gasteiger partial charge on any atom is -0.321 e. The number of hydrogen-bond acceptors (Lipinski definition) is 1. The van der Waals surface area contributed by atoms with Gasteiger partial charge in [-0.2, -0.15) is 0 Å². The Labute approximate surface area is 134 Å². The van der Waals surface area contributed by atoms with E-state index in [1.54, 1.807) is 0 Å². The minimum atomic E-state index is -0.108. The number of aryl methyl sites for hydroxylation is 1. The lowest BCUT2D eigenvalue weighted by molar-refractivity contribution is 0.368. The second kappa shape index (κ2) is 7.11. The van der Waals surface area contributed by atoms with Gasteiger partial charge in [0.15, 0.2) is 0 Å². The lowest BCUT2D eigenvalue weighted by Gasteiger charge is -2.29. The third kappa shape index (κ3) is 3.78. The maximum absolute atomic E-state index is 6.75. The van der Waals surface area contributed by atoms with Gasteiger partial charge in [0.2, 0.25) is 0 Å². The molecule has 2 atom stereocenters. The monoisotopic (exact) mass is 293 g/mol. The number of benzene rings is 2. The predicted molar refractivity (Wildman–Crippen MR) is 93.6 cm³/mol. The highest BCUT2D eigenvalue weighted by Crippen LogP contribution is 2.37. The molecule has 2 aromatic rings. The van der Waals surface area contributed by atoms with Crippen molar-refractivity contribution in [2.45, 2.75) is 50.5 Å². The number of nitrogens with two attached hydrogens (primary N) is 1. The van der Waals surface area contributed by atoms with E-state index in [9.17, 15) is 0 Å². The molecule has 1 heteroatoms. The molecule has 0 radical (unpaired) electrons. The summed E-state index contributed by atoms with van der Waals surface area (Å²) in [6.45, 7) is 0. The zero-order chi connectivity index (χ0) is 15.3. The van der Waals surface area contributed by atoms with Gasteiger partial charge in [0.05, 0.1) is 0 Å². The fourth-order valence-electron chi connectivity index (χ4n) is 3.80. The normalized spacial score (nSPS) is 25.6. The topological polar surface area (TPSA) is 26.0 Å². The molecule has 0 spiro atoms. The van der Waals surface area contributed by atoms with Gasteiger partial charge < -0.3 is 5.73 Å². The highest BCUT2D eigenvalue weighted by Gasteiger charge is 2.30. The van der Waals surface area contributed by atoms with Crippen molar-refractivity contribution in [3.05, 3.63) is 71.8 Å². The van der Waals surface area contributed by atoms with Crippen molar-refractivity contribution >= 4 is 0 Å². The van der Waals surface area contributed by atoms with Crippen LogP contribution in [-0.2, 0) is 12.0 Å². The molecular formula is C21H27N. The summed E-state index contributed by atoms with van der Waals surface area (Å²) in [6, 6.07) is 21.6. The Morgan fingerprint density at radius 1 is 0.864 bits per heavy atom. The Kier molecular flexibility index (Phi) is 4.94. The molecule has 1 saturated carbocycles. The third-order valence-corrected chi connectivity index (χ3v) is 5.27. The molecule has 116 valence electrons. The molecule has 0 saturated heterocycles. The van der Waals surface area contributed by atoms with Crippen molar-refractivity contribution < 1.29 is 0 Å². The van der Waals surface area contributed by atoms with E-state index in [2.05, 4.69) is 60.7 Å². The largest absolute Gasteiger partial charge is 0.321 e. The number of hydrogen-bond donors (Lipinski definition) is 1. The SMILES string of the molecule is NC1(c2ccccc2)CCCC(CCc2ccccc2)CC1. The maximum Gasteiger partial charge on any atom is 0.0409 e. The summed E-state index contributed by atoms with van der Waals surface area (Å²) in [5.41, 5.74) is 9.43. The quantitative estimate of drug-likeness (QED) is 0.784. The molecular weight excluding hydrogens is 266 g/mol. The molecule has 2 aromatic carbocycles. The third-order valence-electron chi connectivity index (χ3n) is 5.27. The molecule has 0 heterocycles. The smallest absolute Gasteiger partial charge is 0.0409 e. The summed E-state index contributed by atoms with van der Waals surface area (Å²) in [7, 11) is 0. The second-order valence-corrected chi connectivity index (χ2v) is 6.84. The summed E-state index contributed by atoms with van der Waals surface area (Å²) < 4.78 is 0. The van der Waals surface area contributed by atoms with Crippen LogP contribution in [0.5, 0.6) is 0 Å². The van der Waals surface area contributed by atoms with E-state index in [-0.39, 0.29) is 5.54 Å². The summed E-state index contributed by atoms with van der Waals surface area (Å²) >= 11 is 0. The fourth-order valence-corrected chi connectivity index (χ4v) is 3.80. The van der Waals surface area contributed by atoms with E-state index >= 15 is 0 Å². The Morgan fingerprint density at radius 2 is 1.55 bits per heavy atom. The average Bonchev–Trinajstić information content (AvgIpc) is 2.77. The van der Waals surface area contributed by atoms with Crippen LogP contribution >= 0.6 is 0 Å². The lowest BCUT2D eigenvalue weighted by Crippen LogP contribution is -2.36. The zero-order valence-electron chi connectivity index (χ0n) is 13.4. The minimum absolute atomic E-state index is 0.108. The second-order valence-electron chi connectivity index (χ2n) is 6.84. The molecule has 1 aliphatic carbocycles. The van der Waals surface area contributed by atoms with Gasteiger partial charge in [-0.05, 0) is 49.1 Å². The van der Waals surface area contributed by atoms with Gasteiger partial charge in [-0.1, -0.05) is 73.5 Å². The maximum atomic E-state index is 6.75. The molecule has 1 fully saturated rings. The van der Waals surface area contributed by atoms with Crippen molar-refractivity contribution in [1.29, 1.82) is 0 Å². The van der Waals surface area contributed by atoms with E-state index in [0.29, 0.717) is 0 Å². The van der Waals surface area contributed by atoms with Crippen LogP contribution in [0.25, 0.3) is 0 Å². The van der Waals surface area contributed by atoms with Gasteiger partial charge in [0.25, 0.3) is 0 Å². The van der Waals surface area contributed by atoms with E-state index < -0.39 is 0 Å². The molecule has 0 aliphatic heterocycles. The first-order valence-electron chi connectivity index (χ1n) is 8.65. The van der Waals surface area contributed by atoms with Crippen LogP contribution in [0, 0.1) is 5.92 Å². The highest BCUT2D eigenvalue weighted by molar-refractivity contribution is 5.24. The van der Waals surface area contributed by atoms with Crippen LogP contribution in [-0.4, -0.2) is 0 Å². The summed E-state index contributed by atoms with van der Waals surface area (Å²) in [4.78, 5) is 0. The van der Waals surface area contributed by atoms with Crippen LogP contribution in [0.2, 0.25) is 0 Å². The molecule has 1 nitrogen and oxygen atoms in total. The van der Waals surface area contributed by atoms with Crippen molar-refractivity contribution in [2.75, 3.05) is 0 Å². The van der Waals surface area contributed by atoms with Crippen molar-refractivity contribution in [3.8, 4) is 0 Å². The molecule has 2 N–H and O–H groups in total. The van der Waals surface area contributed by atoms with Gasteiger partial charge in [-0.15, -0.1) is 0 Å². The first-order valence-corrected chi connectivity index (χ1v) is 8.65. The lowest BCUT2D eigenvalue weighted by atomic mass is 9.83. The van der Waals surface area contributed by atoms with Gasteiger partial charge in [-0.25, -0.2) is 0 Å². The van der Waals surface area contributed by atoms with E-state index in [4.69, 9.17) is 5.73 Å². The van der Waals surface area contributed by atoms with E-state index in [1.807, 2.05) is 0 Å². The van der Waals surface area contributed by atoms with Gasteiger partial charge in [0, 0.05) is 5.54 Å². The molecule has 1 aliphatic rings. The molecule has 0 aromatic heterocycles. The first-order chi connectivity index (χ1) is 10.8. The van der Waals surface area contributed by atoms with Gasteiger partial charge in [0.1, 0.15) is 0 Å². The van der Waals surface area contributed by atoms with Crippen LogP contribution in [0.1, 0.15) is 49.7 Å². The van der Waals surface area contributed by atoms with E-state index in [0.717, 1.165) is 18.8 Å². The Bertz CT molecular complexity index is 563. The van der Waals surface area contributed by atoms with Crippen LogP contribution in [0.3, 0.4) is 0 Å². The Hall–Kier alpha value is -1.60. The highest BCUT2D eigenvalue weighted by atomic mass is 14.7. The van der Waals surface area contributed by atoms with Gasteiger partial charge in [-0.3, -0.25) is 0 Å². The molecule has 2 unspecified atom stereocenters. The molecule has 0 bridgehead atoms. The van der Waals surface area contributed by atoms with Crippen molar-refractivity contribution in [1.82, 2.24) is 0 Å². The number of rotatable bonds is 4. The van der Waals surface area contributed by atoms with Crippen molar-refractivity contribution in [2.24, 2.45) is 11.7 Å². The van der Waals surface area contributed by atoms with Gasteiger partial charge >= 0.3 is 0 Å². The molecule has 22 heavy (non-hydrogen) atoms. The summed E-state index contributed by atoms with van der Waals surface area (Å²) in [6.07, 6.45) is 8.60. The Balaban J connectivity index is 1.58. The first kappa shape index (κ1) is 15.3. The van der Waals surface area contributed by atoms with E-state index in [1.165, 1.54) is 43.2 Å². The Morgan fingerprint density at radius 3 is 2.27 bits per heavy atom. The van der Waals surface area contributed by atoms with Crippen LogP contribution < -0.4 is 5.73 Å². The van der Waals surface area contributed by atoms with Crippen LogP contribution in [0.4, 0.5) is 0 Å². The summed E-state index contributed by atoms with van der Waals surface area (Å²) in [5, 5.41) is 0.